The van der Waals surface area contributed by atoms with Crippen LogP contribution in [0.15, 0.2) is 35.0 Å². The molecular formula is C23H26FN5O3. The second-order valence-electron chi connectivity index (χ2n) is 7.90. The van der Waals surface area contributed by atoms with E-state index in [0.29, 0.717) is 49.6 Å². The number of rotatable bonds is 5. The fourth-order valence-corrected chi connectivity index (χ4v) is 4.04. The molecule has 0 spiro atoms. The van der Waals surface area contributed by atoms with E-state index in [1.807, 2.05) is 13.8 Å². The number of nitrogens with zero attached hydrogens (tertiary/aromatic N) is 5. The highest BCUT2D eigenvalue weighted by molar-refractivity contribution is 5.95. The van der Waals surface area contributed by atoms with Gasteiger partial charge in [0.15, 0.2) is 0 Å². The summed E-state index contributed by atoms with van der Waals surface area (Å²) in [4.78, 5) is 29.4. The maximum absolute atomic E-state index is 13.3. The lowest BCUT2D eigenvalue weighted by Gasteiger charge is -2.34. The highest BCUT2D eigenvalue weighted by Crippen LogP contribution is 2.20. The summed E-state index contributed by atoms with van der Waals surface area (Å²) < 4.78 is 20.1. The number of aromatic nitrogens is 3. The molecule has 1 saturated heterocycles. The van der Waals surface area contributed by atoms with Gasteiger partial charge in [0, 0.05) is 31.7 Å². The molecular weight excluding hydrogens is 413 g/mol. The third kappa shape index (κ3) is 4.15. The molecule has 2 aromatic heterocycles. The van der Waals surface area contributed by atoms with E-state index < -0.39 is 0 Å². The third-order valence-corrected chi connectivity index (χ3v) is 5.93. The molecule has 2 amide bonds. The van der Waals surface area contributed by atoms with Crippen LogP contribution >= 0.6 is 0 Å². The highest BCUT2D eigenvalue weighted by atomic mass is 19.1. The molecule has 0 unspecified atom stereocenters. The van der Waals surface area contributed by atoms with Crippen LogP contribution in [0.25, 0.3) is 5.69 Å². The summed E-state index contributed by atoms with van der Waals surface area (Å²) in [5, 5.41) is 8.27. The first-order valence-electron chi connectivity index (χ1n) is 10.7. The van der Waals surface area contributed by atoms with Gasteiger partial charge in [0.25, 0.3) is 5.91 Å². The van der Waals surface area contributed by atoms with Crippen molar-refractivity contribution in [1.82, 2.24) is 24.7 Å². The summed E-state index contributed by atoms with van der Waals surface area (Å²) in [5.74, 6) is 0.241. The van der Waals surface area contributed by atoms with Crippen LogP contribution in [0.3, 0.4) is 0 Å². The van der Waals surface area contributed by atoms with Gasteiger partial charge in [-0.3, -0.25) is 9.59 Å². The monoisotopic (exact) mass is 439 g/mol. The molecule has 3 heterocycles. The lowest BCUT2D eigenvalue weighted by atomic mass is 10.1. The van der Waals surface area contributed by atoms with E-state index in [1.54, 1.807) is 39.7 Å². The maximum Gasteiger partial charge on any atom is 0.257 e. The molecule has 0 radical (unpaired) electrons. The molecule has 168 valence electrons. The Bertz CT molecular complexity index is 1110. The Morgan fingerprint density at radius 3 is 2.31 bits per heavy atom. The Hall–Kier alpha value is -3.49. The van der Waals surface area contributed by atoms with Gasteiger partial charge in [-0.05, 0) is 44.5 Å². The van der Waals surface area contributed by atoms with E-state index in [-0.39, 0.29) is 24.1 Å². The molecule has 1 aliphatic rings. The summed E-state index contributed by atoms with van der Waals surface area (Å²) in [5.41, 5.74) is 3.58. The van der Waals surface area contributed by atoms with Gasteiger partial charge in [-0.25, -0.2) is 9.07 Å². The first-order valence-corrected chi connectivity index (χ1v) is 10.7. The fourth-order valence-electron chi connectivity index (χ4n) is 4.04. The summed E-state index contributed by atoms with van der Waals surface area (Å²) in [7, 11) is 0. The van der Waals surface area contributed by atoms with Gasteiger partial charge >= 0.3 is 0 Å². The first kappa shape index (κ1) is 21.7. The number of aryl methyl sites for hydroxylation is 2. The normalized spacial score (nSPS) is 14.1. The predicted molar refractivity (Wildman–Crippen MR) is 115 cm³/mol. The largest absolute Gasteiger partial charge is 0.361 e. The number of carbonyl (C=O) groups is 2. The van der Waals surface area contributed by atoms with E-state index in [4.69, 9.17) is 4.52 Å². The number of carbonyl (C=O) groups excluding carboxylic acids is 2. The molecule has 3 aromatic rings. The second-order valence-corrected chi connectivity index (χ2v) is 7.90. The van der Waals surface area contributed by atoms with Crippen LogP contribution in [-0.2, 0) is 17.6 Å². The Morgan fingerprint density at radius 2 is 1.72 bits per heavy atom. The van der Waals surface area contributed by atoms with Crippen LogP contribution in [0.1, 0.15) is 40.0 Å². The summed E-state index contributed by atoms with van der Waals surface area (Å²) >= 11 is 0. The van der Waals surface area contributed by atoms with Crippen molar-refractivity contribution in [2.45, 2.75) is 33.6 Å². The molecule has 1 aromatic carbocycles. The number of hydrogen-bond donors (Lipinski definition) is 0. The van der Waals surface area contributed by atoms with Crippen molar-refractivity contribution in [3.8, 4) is 5.69 Å². The SMILES string of the molecule is CCc1c(C(=O)N2CCN(C(=O)Cc3c(C)noc3C)CC2)cnn1-c1ccc(F)cc1. The smallest absolute Gasteiger partial charge is 0.257 e. The van der Waals surface area contributed by atoms with Crippen molar-refractivity contribution < 1.29 is 18.5 Å². The lowest BCUT2D eigenvalue weighted by molar-refractivity contribution is -0.131. The molecule has 9 heteroatoms. The molecule has 32 heavy (non-hydrogen) atoms. The topological polar surface area (TPSA) is 84.5 Å². The van der Waals surface area contributed by atoms with Crippen LogP contribution in [0.5, 0.6) is 0 Å². The second kappa shape index (κ2) is 8.94. The fraction of sp³-hybridized carbons (Fsp3) is 0.391. The van der Waals surface area contributed by atoms with Crippen molar-refractivity contribution in [1.29, 1.82) is 0 Å². The van der Waals surface area contributed by atoms with Crippen molar-refractivity contribution in [3.05, 3.63) is 64.6 Å². The number of halogens is 1. The van der Waals surface area contributed by atoms with Gasteiger partial charge in [-0.2, -0.15) is 5.10 Å². The minimum atomic E-state index is -0.322. The lowest BCUT2D eigenvalue weighted by Crippen LogP contribution is -2.51. The van der Waals surface area contributed by atoms with Gasteiger partial charge in [0.1, 0.15) is 11.6 Å². The Kier molecular flexibility index (Phi) is 6.07. The Balaban J connectivity index is 1.42. The van der Waals surface area contributed by atoms with Crippen LogP contribution in [0.2, 0.25) is 0 Å². The number of amides is 2. The van der Waals surface area contributed by atoms with Crippen LogP contribution in [0.4, 0.5) is 4.39 Å². The number of benzene rings is 1. The molecule has 1 aliphatic heterocycles. The molecule has 0 saturated carbocycles. The van der Waals surface area contributed by atoms with Gasteiger partial charge in [-0.1, -0.05) is 12.1 Å². The highest BCUT2D eigenvalue weighted by Gasteiger charge is 2.28. The summed E-state index contributed by atoms with van der Waals surface area (Å²) in [6, 6.07) is 6.02. The van der Waals surface area contributed by atoms with Crippen molar-refractivity contribution in [3.63, 3.8) is 0 Å². The zero-order valence-corrected chi connectivity index (χ0v) is 18.5. The first-order chi connectivity index (χ1) is 15.4. The minimum Gasteiger partial charge on any atom is -0.361 e. The molecule has 0 atom stereocenters. The van der Waals surface area contributed by atoms with Crippen LogP contribution in [0, 0.1) is 19.7 Å². The Morgan fingerprint density at radius 1 is 1.06 bits per heavy atom. The predicted octanol–water partition coefficient (Wildman–Crippen LogP) is 2.71. The van der Waals surface area contributed by atoms with Gasteiger partial charge < -0.3 is 14.3 Å². The van der Waals surface area contributed by atoms with Gasteiger partial charge in [0.2, 0.25) is 5.91 Å². The minimum absolute atomic E-state index is 0.00451. The third-order valence-electron chi connectivity index (χ3n) is 5.93. The zero-order chi connectivity index (χ0) is 22.8. The average Bonchev–Trinajstić information content (AvgIpc) is 3.37. The molecule has 0 aliphatic carbocycles. The summed E-state index contributed by atoms with van der Waals surface area (Å²) in [6.45, 7) is 7.44. The molecule has 0 bridgehead atoms. The van der Waals surface area contributed by atoms with E-state index >= 15 is 0 Å². The van der Waals surface area contributed by atoms with Crippen LogP contribution in [-0.4, -0.2) is 62.7 Å². The molecule has 0 N–H and O–H groups in total. The van der Waals surface area contributed by atoms with Gasteiger partial charge in [0.05, 0.1) is 35.3 Å². The van der Waals surface area contributed by atoms with Gasteiger partial charge in [-0.15, -0.1) is 0 Å². The molecule has 4 rings (SSSR count). The van der Waals surface area contributed by atoms with E-state index in [0.717, 1.165) is 17.0 Å². The Labute approximate surface area is 185 Å². The average molecular weight is 439 g/mol. The molecule has 1 fully saturated rings. The maximum atomic E-state index is 13.3. The molecule has 8 nitrogen and oxygen atoms in total. The van der Waals surface area contributed by atoms with Crippen molar-refractivity contribution in [2.24, 2.45) is 0 Å². The zero-order valence-electron chi connectivity index (χ0n) is 18.5. The summed E-state index contributed by atoms with van der Waals surface area (Å²) in [6.07, 6.45) is 2.42. The quantitative estimate of drug-likeness (QED) is 0.610. The van der Waals surface area contributed by atoms with E-state index in [2.05, 4.69) is 10.3 Å². The van der Waals surface area contributed by atoms with Crippen molar-refractivity contribution >= 4 is 11.8 Å². The van der Waals surface area contributed by atoms with Crippen molar-refractivity contribution in [2.75, 3.05) is 26.2 Å². The van der Waals surface area contributed by atoms with Crippen LogP contribution < -0.4 is 0 Å². The van der Waals surface area contributed by atoms with E-state index in [1.165, 1.54) is 12.1 Å². The number of hydrogen-bond acceptors (Lipinski definition) is 5. The number of piperazine rings is 1. The van der Waals surface area contributed by atoms with E-state index in [9.17, 15) is 14.0 Å². The standard InChI is InChI=1S/C23H26FN5O3/c1-4-21-20(14-25-29(21)18-7-5-17(24)6-8-18)23(31)28-11-9-27(10-12-28)22(30)13-19-15(2)26-32-16(19)3/h5-8,14H,4,9-13H2,1-3H3.